The summed E-state index contributed by atoms with van der Waals surface area (Å²) in [4.78, 5) is 11.6. The van der Waals surface area contributed by atoms with E-state index in [-0.39, 0.29) is 12.5 Å². The van der Waals surface area contributed by atoms with Gasteiger partial charge in [-0.1, -0.05) is 12.8 Å². The van der Waals surface area contributed by atoms with E-state index < -0.39 is 23.7 Å². The van der Waals surface area contributed by atoms with Crippen molar-refractivity contribution < 1.29 is 23.1 Å². The van der Waals surface area contributed by atoms with Crippen LogP contribution < -0.4 is 11.1 Å². The van der Waals surface area contributed by atoms with Crippen LogP contribution in [-0.4, -0.2) is 35.4 Å². The Labute approximate surface area is 104 Å². The number of nitrogens with two attached hydrogens (primary N) is 1. The topological polar surface area (TPSA) is 75.4 Å². The highest BCUT2D eigenvalue weighted by Crippen LogP contribution is 2.29. The van der Waals surface area contributed by atoms with E-state index in [0.29, 0.717) is 19.8 Å². The molecule has 106 valence electrons. The van der Waals surface area contributed by atoms with Crippen LogP contribution in [0.25, 0.3) is 0 Å². The number of hydrogen-bond acceptors (Lipinski definition) is 3. The van der Waals surface area contributed by atoms with Crippen molar-refractivity contribution in [2.45, 2.75) is 50.4 Å². The third kappa shape index (κ3) is 3.14. The molecule has 0 aliphatic heterocycles. The van der Waals surface area contributed by atoms with E-state index in [9.17, 15) is 18.0 Å². The van der Waals surface area contributed by atoms with Crippen molar-refractivity contribution in [3.8, 4) is 0 Å². The van der Waals surface area contributed by atoms with E-state index in [1.807, 2.05) is 0 Å². The summed E-state index contributed by atoms with van der Waals surface area (Å²) in [6.07, 6.45) is -1.77. The molecule has 1 saturated carbocycles. The smallest absolute Gasteiger partial charge is 0.396 e. The van der Waals surface area contributed by atoms with Gasteiger partial charge in [-0.15, -0.1) is 0 Å². The SMILES string of the molecule is CC(N)(C(=O)NC1CCCCC1CO)C(F)(F)F. The number of nitrogens with one attached hydrogen (secondary N) is 1. The van der Waals surface area contributed by atoms with Crippen LogP contribution in [0.4, 0.5) is 13.2 Å². The molecule has 1 aliphatic rings. The molecule has 4 N–H and O–H groups in total. The van der Waals surface area contributed by atoms with Crippen LogP contribution >= 0.6 is 0 Å². The lowest BCUT2D eigenvalue weighted by Crippen LogP contribution is -2.63. The van der Waals surface area contributed by atoms with E-state index in [1.54, 1.807) is 0 Å². The largest absolute Gasteiger partial charge is 0.415 e. The Hall–Kier alpha value is -0.820. The van der Waals surface area contributed by atoms with Gasteiger partial charge in [0.1, 0.15) is 0 Å². The van der Waals surface area contributed by atoms with Gasteiger partial charge in [0.05, 0.1) is 0 Å². The fraction of sp³-hybridized carbons (Fsp3) is 0.909. The van der Waals surface area contributed by atoms with Gasteiger partial charge in [-0.05, 0) is 19.8 Å². The van der Waals surface area contributed by atoms with Crippen molar-refractivity contribution in [1.82, 2.24) is 5.32 Å². The molecular formula is C11H19F3N2O2. The van der Waals surface area contributed by atoms with E-state index in [0.717, 1.165) is 12.8 Å². The van der Waals surface area contributed by atoms with Crippen LogP contribution in [0.3, 0.4) is 0 Å². The number of carbonyl (C=O) groups is 1. The second-order valence-electron chi connectivity index (χ2n) is 5.01. The Morgan fingerprint density at radius 1 is 1.39 bits per heavy atom. The maximum atomic E-state index is 12.6. The van der Waals surface area contributed by atoms with Crippen molar-refractivity contribution in [2.75, 3.05) is 6.61 Å². The maximum Gasteiger partial charge on any atom is 0.415 e. The molecule has 3 unspecified atom stereocenters. The average Bonchev–Trinajstić information content (AvgIpc) is 2.28. The van der Waals surface area contributed by atoms with Gasteiger partial charge in [-0.2, -0.15) is 13.2 Å². The van der Waals surface area contributed by atoms with Gasteiger partial charge < -0.3 is 16.2 Å². The number of amides is 1. The van der Waals surface area contributed by atoms with E-state index in [4.69, 9.17) is 10.8 Å². The summed E-state index contributed by atoms with van der Waals surface area (Å²) in [6.45, 7) is 0.511. The van der Waals surface area contributed by atoms with Gasteiger partial charge >= 0.3 is 6.18 Å². The van der Waals surface area contributed by atoms with Crippen molar-refractivity contribution >= 4 is 5.91 Å². The fourth-order valence-corrected chi connectivity index (χ4v) is 2.06. The molecule has 0 aromatic rings. The molecule has 0 aromatic carbocycles. The number of carbonyl (C=O) groups excluding carboxylic acids is 1. The normalized spacial score (nSPS) is 28.6. The third-order valence-corrected chi connectivity index (χ3v) is 3.52. The second kappa shape index (κ2) is 5.44. The van der Waals surface area contributed by atoms with Gasteiger partial charge in [0.15, 0.2) is 5.54 Å². The average molecular weight is 268 g/mol. The molecule has 7 heteroatoms. The van der Waals surface area contributed by atoms with Crippen molar-refractivity contribution in [3.63, 3.8) is 0 Å². The second-order valence-corrected chi connectivity index (χ2v) is 5.01. The first-order valence-electron chi connectivity index (χ1n) is 5.97. The Bertz CT molecular complexity index is 305. The summed E-state index contributed by atoms with van der Waals surface area (Å²) in [5.41, 5.74) is 2.14. The lowest BCUT2D eigenvalue weighted by molar-refractivity contribution is -0.188. The quantitative estimate of drug-likeness (QED) is 0.713. The molecule has 3 atom stereocenters. The minimum atomic E-state index is -4.79. The summed E-state index contributed by atoms with van der Waals surface area (Å²) in [7, 11) is 0. The molecule has 1 fully saturated rings. The molecule has 0 saturated heterocycles. The number of halogens is 3. The Morgan fingerprint density at radius 2 is 1.94 bits per heavy atom. The molecule has 1 amide bonds. The highest BCUT2D eigenvalue weighted by Gasteiger charge is 2.54. The highest BCUT2D eigenvalue weighted by atomic mass is 19.4. The number of aliphatic hydroxyl groups excluding tert-OH is 1. The van der Waals surface area contributed by atoms with Gasteiger partial charge in [0, 0.05) is 18.6 Å². The van der Waals surface area contributed by atoms with Crippen LogP contribution in [-0.2, 0) is 4.79 Å². The Kier molecular flexibility index (Phi) is 4.61. The maximum absolute atomic E-state index is 12.6. The predicted octanol–water partition coefficient (Wildman–Crippen LogP) is 0.933. The third-order valence-electron chi connectivity index (χ3n) is 3.52. The summed E-state index contributed by atoms with van der Waals surface area (Å²) in [5, 5.41) is 11.5. The summed E-state index contributed by atoms with van der Waals surface area (Å²) < 4.78 is 37.7. The molecule has 0 aromatic heterocycles. The van der Waals surface area contributed by atoms with Gasteiger partial charge in [0.25, 0.3) is 0 Å². The van der Waals surface area contributed by atoms with Crippen LogP contribution in [0.1, 0.15) is 32.6 Å². The van der Waals surface area contributed by atoms with Gasteiger partial charge in [0.2, 0.25) is 5.91 Å². The summed E-state index contributed by atoms with van der Waals surface area (Å²) in [6, 6.07) is -0.429. The lowest BCUT2D eigenvalue weighted by atomic mass is 9.84. The standard InChI is InChI=1S/C11H19F3N2O2/c1-10(15,11(12,13)14)9(18)16-8-5-3-2-4-7(8)6-17/h7-8,17H,2-6,15H2,1H3,(H,16,18). The predicted molar refractivity (Wildman–Crippen MR) is 59.6 cm³/mol. The minimum absolute atomic E-state index is 0.141. The number of hydrogen-bond donors (Lipinski definition) is 3. The van der Waals surface area contributed by atoms with Crippen LogP contribution in [0.5, 0.6) is 0 Å². The Morgan fingerprint density at radius 3 is 2.44 bits per heavy atom. The molecule has 1 aliphatic carbocycles. The number of rotatable bonds is 3. The monoisotopic (exact) mass is 268 g/mol. The van der Waals surface area contributed by atoms with E-state index >= 15 is 0 Å². The van der Waals surface area contributed by atoms with E-state index in [2.05, 4.69) is 5.32 Å². The van der Waals surface area contributed by atoms with Crippen molar-refractivity contribution in [1.29, 1.82) is 0 Å². The zero-order valence-corrected chi connectivity index (χ0v) is 10.3. The number of alkyl halides is 3. The first-order valence-corrected chi connectivity index (χ1v) is 5.97. The van der Waals surface area contributed by atoms with Gasteiger partial charge in [-0.25, -0.2) is 0 Å². The number of aliphatic hydroxyl groups is 1. The van der Waals surface area contributed by atoms with Crippen LogP contribution in [0.15, 0.2) is 0 Å². The van der Waals surface area contributed by atoms with Crippen LogP contribution in [0, 0.1) is 5.92 Å². The first-order chi connectivity index (χ1) is 8.20. The molecule has 1 rings (SSSR count). The zero-order valence-electron chi connectivity index (χ0n) is 10.3. The summed E-state index contributed by atoms with van der Waals surface area (Å²) >= 11 is 0. The lowest BCUT2D eigenvalue weighted by Gasteiger charge is -2.34. The van der Waals surface area contributed by atoms with Gasteiger partial charge in [-0.3, -0.25) is 4.79 Å². The summed E-state index contributed by atoms with van der Waals surface area (Å²) in [5.74, 6) is -1.42. The molecule has 0 radical (unpaired) electrons. The molecule has 0 bridgehead atoms. The first kappa shape index (κ1) is 15.2. The molecule has 0 spiro atoms. The zero-order chi connectivity index (χ0) is 14.0. The molecular weight excluding hydrogens is 249 g/mol. The molecule has 18 heavy (non-hydrogen) atoms. The van der Waals surface area contributed by atoms with Crippen molar-refractivity contribution in [2.24, 2.45) is 11.7 Å². The minimum Gasteiger partial charge on any atom is -0.396 e. The van der Waals surface area contributed by atoms with Crippen molar-refractivity contribution in [3.05, 3.63) is 0 Å². The highest BCUT2D eigenvalue weighted by molar-refractivity contribution is 5.86. The van der Waals surface area contributed by atoms with Crippen LogP contribution in [0.2, 0.25) is 0 Å². The Balaban J connectivity index is 2.69. The molecule has 4 nitrogen and oxygen atoms in total. The fourth-order valence-electron chi connectivity index (χ4n) is 2.06. The van der Waals surface area contributed by atoms with E-state index in [1.165, 1.54) is 0 Å². The molecule has 0 heterocycles.